The molecule has 0 atom stereocenters. The van der Waals surface area contributed by atoms with Gasteiger partial charge in [-0.3, -0.25) is 0 Å². The molecule has 0 unspecified atom stereocenters. The first-order valence-corrected chi connectivity index (χ1v) is 2.25. The predicted molar refractivity (Wildman–Crippen MR) is 10.2 cm³/mol. The second-order valence-electron chi connectivity index (χ2n) is 0.321. The number of hydrogen-bond donors (Lipinski definition) is 1. The van der Waals surface area contributed by atoms with Gasteiger partial charge >= 0.3 is 25.7 Å². The normalized spacial score (nSPS) is 4.57. The summed E-state index contributed by atoms with van der Waals surface area (Å²) in [6.07, 6.45) is 0. The van der Waals surface area contributed by atoms with Crippen molar-refractivity contribution < 1.29 is 36.0 Å². The van der Waals surface area contributed by atoms with E-state index in [2.05, 4.69) is 0 Å². The van der Waals surface area contributed by atoms with Gasteiger partial charge in [0.2, 0.25) is 0 Å². The van der Waals surface area contributed by atoms with Gasteiger partial charge in [-0.1, -0.05) is 0 Å². The molecule has 0 radical (unpaired) electrons. The van der Waals surface area contributed by atoms with Crippen molar-refractivity contribution in [3.05, 3.63) is 10.1 Å². The van der Waals surface area contributed by atoms with E-state index in [1.54, 1.807) is 0 Å². The van der Waals surface area contributed by atoms with E-state index in [-0.39, 0.29) is 0 Å². The maximum atomic E-state index is 8.50. The van der Waals surface area contributed by atoms with E-state index >= 15 is 0 Å². The maximum absolute atomic E-state index is 8.50. The van der Waals surface area contributed by atoms with E-state index in [1.165, 1.54) is 0 Å². The summed E-state index contributed by atoms with van der Waals surface area (Å²) in [4.78, 5) is 8.36. The topological polar surface area (TPSA) is 97.5 Å². The van der Waals surface area contributed by atoms with Crippen LogP contribution in [0, 0.1) is 10.1 Å². The van der Waals surface area contributed by atoms with Crippen molar-refractivity contribution in [2.24, 2.45) is 0 Å². The zero-order chi connectivity index (χ0) is 6.28. The molecule has 0 aliphatic carbocycles. The molecule has 0 aromatic heterocycles. The molecule has 0 spiro atoms. The van der Waals surface area contributed by atoms with Gasteiger partial charge in [0.05, 0.1) is 0 Å². The molecule has 6 nitrogen and oxygen atoms in total. The summed E-state index contributed by atoms with van der Waals surface area (Å²) in [5.74, 6) is 0. The minimum absolute atomic E-state index is 1.50. The molecule has 0 saturated carbocycles. The van der Waals surface area contributed by atoms with Crippen molar-refractivity contribution in [3.63, 3.8) is 0 Å². The van der Waals surface area contributed by atoms with E-state index in [9.17, 15) is 0 Å². The van der Waals surface area contributed by atoms with Gasteiger partial charge in [-0.2, -0.15) is 0 Å². The summed E-state index contributed by atoms with van der Waals surface area (Å²) >= 11 is -2.00. The molecule has 0 rings (SSSR count). The number of nitrogens with zero attached hydrogens (tertiary/aromatic N) is 1. The van der Waals surface area contributed by atoms with Gasteiger partial charge in [-0.25, -0.2) is 0 Å². The Morgan fingerprint density at radius 2 is 1.57 bits per heavy atom. The molecule has 40 valence electrons. The Morgan fingerprint density at radius 1 is 1.57 bits per heavy atom. The molecule has 7 heavy (non-hydrogen) atoms. The molecular weight excluding hydrogens is 142 g/mol. The first-order chi connectivity index (χ1) is 3.15. The van der Waals surface area contributed by atoms with Crippen LogP contribution < -0.4 is 0 Å². The van der Waals surface area contributed by atoms with E-state index in [0.717, 1.165) is 0 Å². The molecule has 0 fully saturated rings. The minimum atomic E-state index is -2.00. The third-order valence-corrected chi connectivity index (χ3v) is 0. The van der Waals surface area contributed by atoms with Crippen LogP contribution in [-0.2, 0) is 25.7 Å². The molecule has 0 aliphatic heterocycles. The van der Waals surface area contributed by atoms with Gasteiger partial charge in [-0.15, -0.1) is 10.1 Å². The van der Waals surface area contributed by atoms with E-state index < -0.39 is 24.2 Å². The summed E-state index contributed by atoms with van der Waals surface area (Å²) in [5, 5.41) is 13.6. The Morgan fingerprint density at radius 3 is 1.57 bits per heavy atom. The van der Waals surface area contributed by atoms with E-state index in [1.807, 2.05) is 0 Å². The van der Waals surface area contributed by atoms with Crippen LogP contribution in [0.25, 0.3) is 0 Å². The van der Waals surface area contributed by atoms with Crippen LogP contribution in [0.1, 0.15) is 0 Å². The average Bonchev–Trinajstić information content (AvgIpc) is 1.33. The van der Waals surface area contributed by atoms with Gasteiger partial charge in [0.15, 0.2) is 0 Å². The Balaban J connectivity index is 0. The summed E-state index contributed by atoms with van der Waals surface area (Å²) < 4.78 is 17.0. The van der Waals surface area contributed by atoms with Crippen LogP contribution in [0.5, 0.6) is 0 Å². The third kappa shape index (κ3) is 289. The van der Waals surface area contributed by atoms with Gasteiger partial charge in [-0.05, 0) is 0 Å². The van der Waals surface area contributed by atoms with Crippen molar-refractivity contribution in [3.8, 4) is 0 Å². The molecule has 1 N–H and O–H groups in total. The van der Waals surface area contributed by atoms with Crippen LogP contribution in [-0.4, -0.2) is 10.3 Å². The van der Waals surface area contributed by atoms with E-state index in [4.69, 9.17) is 22.0 Å². The average molecular weight is 143 g/mol. The van der Waals surface area contributed by atoms with Crippen molar-refractivity contribution in [1.82, 2.24) is 0 Å². The molecule has 0 aromatic rings. The van der Waals surface area contributed by atoms with Crippen LogP contribution in [0.2, 0.25) is 0 Å². The van der Waals surface area contributed by atoms with Gasteiger partial charge < -0.3 is 5.21 Å². The van der Waals surface area contributed by atoms with Crippen molar-refractivity contribution in [2.45, 2.75) is 0 Å². The summed E-state index contributed by atoms with van der Waals surface area (Å²) in [5.41, 5.74) is 0. The van der Waals surface area contributed by atoms with Crippen molar-refractivity contribution in [2.75, 3.05) is 0 Å². The molecule has 0 aromatic carbocycles. The van der Waals surface area contributed by atoms with Gasteiger partial charge in [0.25, 0.3) is 5.09 Å². The molecule has 0 heterocycles. The molecule has 0 bridgehead atoms. The van der Waals surface area contributed by atoms with Crippen molar-refractivity contribution >= 4 is 0 Å². The van der Waals surface area contributed by atoms with Crippen LogP contribution in [0.3, 0.4) is 0 Å². The number of rotatable bonds is 0. The fourth-order valence-electron chi connectivity index (χ4n) is 0. The van der Waals surface area contributed by atoms with Crippen LogP contribution in [0.15, 0.2) is 0 Å². The Hall–Kier alpha value is -0.486. The first-order valence-electron chi connectivity index (χ1n) is 0.973. The summed E-state index contributed by atoms with van der Waals surface area (Å²) in [7, 11) is 0. The molecule has 0 amide bonds. The Bertz CT molecular complexity index is 76.1. The quantitative estimate of drug-likeness (QED) is 0.277. The molecule has 7 heteroatoms. The summed E-state index contributed by atoms with van der Waals surface area (Å²) in [6.45, 7) is 0. The van der Waals surface area contributed by atoms with Gasteiger partial charge in [0.1, 0.15) is 0 Å². The zero-order valence-electron chi connectivity index (χ0n) is 3.03. The van der Waals surface area contributed by atoms with Gasteiger partial charge in [0, 0.05) is 0 Å². The zero-order valence-corrected chi connectivity index (χ0v) is 4.59. The second-order valence-corrected chi connectivity index (χ2v) is 0.581. The number of hydrogen-bond acceptors (Lipinski definition) is 4. The fourth-order valence-corrected chi connectivity index (χ4v) is 0. The molecular formula is HNO5Ti. The van der Waals surface area contributed by atoms with Crippen LogP contribution in [0.4, 0.5) is 0 Å². The van der Waals surface area contributed by atoms with Crippen molar-refractivity contribution in [1.29, 1.82) is 0 Å². The van der Waals surface area contributed by atoms with Crippen LogP contribution >= 0.6 is 0 Å². The second kappa shape index (κ2) is 9.10. The SMILES string of the molecule is O=[N+]([O-])O.[O]=[Ti]=[O]. The Labute approximate surface area is 46.8 Å². The third-order valence-electron chi connectivity index (χ3n) is 0. The molecule has 0 saturated heterocycles. The first kappa shape index (κ1) is 9.72. The monoisotopic (exact) mass is 143 g/mol. The standard InChI is InChI=1S/HNO3.2O.Ti/c2-1(3)4;;;/h(H,2,3,4);;;. The summed E-state index contributed by atoms with van der Waals surface area (Å²) in [6, 6.07) is 0. The predicted octanol–water partition coefficient (Wildman–Crippen LogP) is -0.588. The van der Waals surface area contributed by atoms with E-state index in [0.29, 0.717) is 0 Å². The fraction of sp³-hybridized carbons (Fsp3) is 0. The molecule has 0 aliphatic rings. The Kier molecular flexibility index (Phi) is 12.6.